The lowest BCUT2D eigenvalue weighted by molar-refractivity contribution is -0.122. The molecule has 1 fully saturated rings. The molecule has 2 amide bonds. The fourth-order valence-corrected chi connectivity index (χ4v) is 4.09. The smallest absolute Gasteiger partial charge is 0.335 e. The standard InChI is InChI=1S/C28H24N2O6S/c1-16-5-4-6-22(17(16)2)30-26(32)21(25(31)29-28(30)37)13-19-9-12-23(24(14-19)35-3)36-15-18-7-10-20(11-8-18)27(33)34/h4-14H,15H2,1-3H3,(H,33,34)(H,29,31,37)/b21-13-. The van der Waals surface area contributed by atoms with Crippen LogP contribution < -0.4 is 19.7 Å². The average Bonchev–Trinajstić information content (AvgIpc) is 2.88. The molecule has 188 valence electrons. The van der Waals surface area contributed by atoms with Gasteiger partial charge in [-0.3, -0.25) is 19.8 Å². The minimum Gasteiger partial charge on any atom is -0.493 e. The summed E-state index contributed by atoms with van der Waals surface area (Å²) < 4.78 is 11.3. The number of ether oxygens (including phenoxy) is 2. The van der Waals surface area contributed by atoms with Crippen molar-refractivity contribution < 1.29 is 29.0 Å². The van der Waals surface area contributed by atoms with Crippen LogP contribution in [0.5, 0.6) is 11.5 Å². The van der Waals surface area contributed by atoms with Crippen LogP contribution in [0.25, 0.3) is 6.08 Å². The van der Waals surface area contributed by atoms with Crippen LogP contribution >= 0.6 is 12.2 Å². The van der Waals surface area contributed by atoms with Crippen LogP contribution in [0, 0.1) is 13.8 Å². The second-order valence-electron chi connectivity index (χ2n) is 8.38. The highest BCUT2D eigenvalue weighted by Gasteiger charge is 2.35. The molecule has 1 aliphatic rings. The van der Waals surface area contributed by atoms with E-state index in [4.69, 9.17) is 26.8 Å². The summed E-state index contributed by atoms with van der Waals surface area (Å²) in [6, 6.07) is 17.0. The monoisotopic (exact) mass is 516 g/mol. The number of carbonyl (C=O) groups excluding carboxylic acids is 2. The number of carboxylic acid groups (broad SMARTS) is 1. The second kappa shape index (κ2) is 10.6. The number of anilines is 1. The molecule has 0 radical (unpaired) electrons. The second-order valence-corrected chi connectivity index (χ2v) is 8.76. The third-order valence-electron chi connectivity index (χ3n) is 6.01. The van der Waals surface area contributed by atoms with E-state index in [0.717, 1.165) is 16.7 Å². The zero-order chi connectivity index (χ0) is 26.7. The van der Waals surface area contributed by atoms with E-state index in [1.54, 1.807) is 36.4 Å². The van der Waals surface area contributed by atoms with Crippen LogP contribution in [0.3, 0.4) is 0 Å². The molecule has 1 saturated heterocycles. The highest BCUT2D eigenvalue weighted by atomic mass is 32.1. The van der Waals surface area contributed by atoms with Gasteiger partial charge in [0.2, 0.25) is 0 Å². The van der Waals surface area contributed by atoms with Gasteiger partial charge >= 0.3 is 5.97 Å². The van der Waals surface area contributed by atoms with Gasteiger partial charge in [0.15, 0.2) is 16.6 Å². The van der Waals surface area contributed by atoms with E-state index < -0.39 is 17.8 Å². The van der Waals surface area contributed by atoms with Gasteiger partial charge in [-0.05, 0) is 84.7 Å². The Balaban J connectivity index is 1.58. The van der Waals surface area contributed by atoms with Gasteiger partial charge in [0.25, 0.3) is 11.8 Å². The number of aryl methyl sites for hydroxylation is 1. The van der Waals surface area contributed by atoms with Crippen molar-refractivity contribution in [2.24, 2.45) is 0 Å². The Hall–Kier alpha value is -4.50. The Morgan fingerprint density at radius 3 is 2.46 bits per heavy atom. The number of hydrogen-bond donors (Lipinski definition) is 2. The van der Waals surface area contributed by atoms with Crippen molar-refractivity contribution in [1.29, 1.82) is 0 Å². The lowest BCUT2D eigenvalue weighted by atomic mass is 10.0. The number of rotatable bonds is 7. The molecule has 1 aliphatic heterocycles. The number of nitrogens with one attached hydrogen (secondary N) is 1. The van der Waals surface area contributed by atoms with Crippen LogP contribution in [0.4, 0.5) is 5.69 Å². The summed E-state index contributed by atoms with van der Waals surface area (Å²) in [4.78, 5) is 38.4. The number of methoxy groups -OCH3 is 1. The third kappa shape index (κ3) is 5.36. The van der Waals surface area contributed by atoms with E-state index in [-0.39, 0.29) is 22.9 Å². The van der Waals surface area contributed by atoms with Crippen LogP contribution in [0.15, 0.2) is 66.2 Å². The van der Waals surface area contributed by atoms with Gasteiger partial charge in [-0.1, -0.05) is 30.3 Å². The molecular formula is C28H24N2O6S. The summed E-state index contributed by atoms with van der Waals surface area (Å²) in [5.41, 5.74) is 3.95. The normalized spacial score (nSPS) is 14.5. The van der Waals surface area contributed by atoms with Gasteiger partial charge in [0.1, 0.15) is 12.2 Å². The highest BCUT2D eigenvalue weighted by molar-refractivity contribution is 7.80. The first kappa shape index (κ1) is 25.6. The molecule has 9 heteroatoms. The number of thiocarbonyl (C=S) groups is 1. The zero-order valence-corrected chi connectivity index (χ0v) is 21.2. The number of hydrogen-bond acceptors (Lipinski definition) is 6. The molecule has 4 rings (SSSR count). The fraction of sp³-hybridized carbons (Fsp3) is 0.143. The first-order valence-corrected chi connectivity index (χ1v) is 11.7. The van der Waals surface area contributed by atoms with Crippen molar-refractivity contribution >= 4 is 46.9 Å². The molecule has 0 aliphatic carbocycles. The summed E-state index contributed by atoms with van der Waals surface area (Å²) in [5.74, 6) is -1.25. The van der Waals surface area contributed by atoms with Crippen molar-refractivity contribution in [1.82, 2.24) is 5.32 Å². The Bertz CT molecular complexity index is 1450. The molecule has 0 saturated carbocycles. The Kier molecular flexibility index (Phi) is 7.35. The van der Waals surface area contributed by atoms with E-state index >= 15 is 0 Å². The zero-order valence-electron chi connectivity index (χ0n) is 20.4. The number of nitrogens with zero attached hydrogens (tertiary/aromatic N) is 1. The molecule has 3 aromatic carbocycles. The predicted molar refractivity (Wildman–Crippen MR) is 143 cm³/mol. The van der Waals surface area contributed by atoms with Gasteiger partial charge in [-0.25, -0.2) is 4.79 Å². The molecule has 8 nitrogen and oxygen atoms in total. The van der Waals surface area contributed by atoms with E-state index in [1.807, 2.05) is 26.0 Å². The SMILES string of the molecule is COc1cc(/C=C2/C(=O)NC(=S)N(c3cccc(C)c3C)C2=O)ccc1OCc1ccc(C(=O)O)cc1. The van der Waals surface area contributed by atoms with Crippen LogP contribution in [-0.4, -0.2) is 35.1 Å². The maximum atomic E-state index is 13.4. The summed E-state index contributed by atoms with van der Waals surface area (Å²) in [6.45, 7) is 4.02. The third-order valence-corrected chi connectivity index (χ3v) is 6.30. The molecule has 0 bridgehead atoms. The lowest BCUT2D eigenvalue weighted by Crippen LogP contribution is -2.54. The first-order chi connectivity index (χ1) is 17.7. The van der Waals surface area contributed by atoms with Crippen LogP contribution in [0.2, 0.25) is 0 Å². The number of carboxylic acids is 1. The average molecular weight is 517 g/mol. The summed E-state index contributed by atoms with van der Waals surface area (Å²) >= 11 is 5.31. The number of benzene rings is 3. The minimum absolute atomic E-state index is 0.0264. The predicted octanol–water partition coefficient (Wildman–Crippen LogP) is 4.42. The van der Waals surface area contributed by atoms with E-state index in [2.05, 4.69) is 5.32 Å². The fourth-order valence-electron chi connectivity index (χ4n) is 3.82. The van der Waals surface area contributed by atoms with Gasteiger partial charge < -0.3 is 14.6 Å². The van der Waals surface area contributed by atoms with E-state index in [9.17, 15) is 14.4 Å². The Morgan fingerprint density at radius 1 is 1.05 bits per heavy atom. The first-order valence-electron chi connectivity index (χ1n) is 11.3. The molecule has 0 unspecified atom stereocenters. The van der Waals surface area contributed by atoms with Gasteiger partial charge in [0, 0.05) is 0 Å². The van der Waals surface area contributed by atoms with Crippen molar-refractivity contribution in [2.75, 3.05) is 12.0 Å². The quantitative estimate of drug-likeness (QED) is 0.272. The van der Waals surface area contributed by atoms with Gasteiger partial charge in [0.05, 0.1) is 18.4 Å². The Morgan fingerprint density at radius 2 is 1.78 bits per heavy atom. The van der Waals surface area contributed by atoms with E-state index in [0.29, 0.717) is 22.7 Å². The number of amides is 2. The molecule has 2 N–H and O–H groups in total. The maximum Gasteiger partial charge on any atom is 0.335 e. The van der Waals surface area contributed by atoms with Gasteiger partial charge in [-0.15, -0.1) is 0 Å². The Labute approximate surface area is 219 Å². The molecule has 0 spiro atoms. The van der Waals surface area contributed by atoms with E-state index in [1.165, 1.54) is 30.2 Å². The summed E-state index contributed by atoms with van der Waals surface area (Å²) in [7, 11) is 1.49. The number of aromatic carboxylic acids is 1. The maximum absolute atomic E-state index is 13.4. The van der Waals surface area contributed by atoms with Crippen molar-refractivity contribution in [2.45, 2.75) is 20.5 Å². The summed E-state index contributed by atoms with van der Waals surface area (Å²) in [5, 5.41) is 11.7. The highest BCUT2D eigenvalue weighted by Crippen LogP contribution is 2.31. The topological polar surface area (TPSA) is 105 Å². The molecule has 37 heavy (non-hydrogen) atoms. The molecule has 1 heterocycles. The molecule has 3 aromatic rings. The largest absolute Gasteiger partial charge is 0.493 e. The molecule has 0 atom stereocenters. The van der Waals surface area contributed by atoms with Crippen LogP contribution in [0.1, 0.15) is 32.6 Å². The molecule has 0 aromatic heterocycles. The van der Waals surface area contributed by atoms with Crippen molar-refractivity contribution in [3.63, 3.8) is 0 Å². The number of carbonyl (C=O) groups is 3. The molecular weight excluding hydrogens is 492 g/mol. The summed E-state index contributed by atoms with van der Waals surface area (Å²) in [6.07, 6.45) is 1.48. The van der Waals surface area contributed by atoms with Crippen LogP contribution in [-0.2, 0) is 16.2 Å². The lowest BCUT2D eigenvalue weighted by Gasteiger charge is -2.30. The van der Waals surface area contributed by atoms with Gasteiger partial charge in [-0.2, -0.15) is 0 Å². The van der Waals surface area contributed by atoms with Crippen molar-refractivity contribution in [3.8, 4) is 11.5 Å². The van der Waals surface area contributed by atoms with Crippen molar-refractivity contribution in [3.05, 3.63) is 94.1 Å². The minimum atomic E-state index is -0.997.